The lowest BCUT2D eigenvalue weighted by molar-refractivity contribution is -0.121. The molecule has 5 nitrogen and oxygen atoms in total. The van der Waals surface area contributed by atoms with E-state index in [1.807, 2.05) is 35.0 Å². The van der Waals surface area contributed by atoms with Gasteiger partial charge in [0.15, 0.2) is 0 Å². The number of hydrogen-bond donors (Lipinski definition) is 1. The van der Waals surface area contributed by atoms with Crippen LogP contribution in [0.2, 0.25) is 0 Å². The zero-order valence-corrected chi connectivity index (χ0v) is 17.2. The maximum Gasteiger partial charge on any atom is 0.226 e. The van der Waals surface area contributed by atoms with Gasteiger partial charge in [0.2, 0.25) is 5.91 Å². The van der Waals surface area contributed by atoms with Crippen LogP contribution in [0.4, 0.5) is 0 Å². The van der Waals surface area contributed by atoms with Crippen molar-refractivity contribution in [3.8, 4) is 9.88 Å². The van der Waals surface area contributed by atoms with Crippen LogP contribution in [0.15, 0.2) is 53.2 Å². The lowest BCUT2D eigenvalue weighted by atomic mass is 10.1. The summed E-state index contributed by atoms with van der Waals surface area (Å²) in [5.41, 5.74) is 1.95. The summed E-state index contributed by atoms with van der Waals surface area (Å²) in [6.07, 6.45) is 0.300. The molecule has 0 saturated carbocycles. The summed E-state index contributed by atoms with van der Waals surface area (Å²) in [6.45, 7) is 4.08. The molecule has 0 aliphatic carbocycles. The molecule has 1 aromatic carbocycles. The quantitative estimate of drug-likeness (QED) is 0.643. The Labute approximate surface area is 173 Å². The van der Waals surface area contributed by atoms with Gasteiger partial charge in [-0.3, -0.25) is 9.69 Å². The average Bonchev–Trinajstić information content (AvgIpc) is 3.41. The Morgan fingerprint density at radius 2 is 1.96 bits per heavy atom. The first-order valence-corrected chi connectivity index (χ1v) is 11.2. The number of carbonyl (C=O) groups excluding carboxylic acids is 1. The Bertz CT molecular complexity index is 874. The third kappa shape index (κ3) is 5.05. The number of nitrogens with zero attached hydrogens (tertiary/aromatic N) is 2. The highest BCUT2D eigenvalue weighted by atomic mass is 32.1. The van der Waals surface area contributed by atoms with Crippen molar-refractivity contribution in [3.63, 3.8) is 0 Å². The maximum atomic E-state index is 12.7. The van der Waals surface area contributed by atoms with E-state index in [1.165, 1.54) is 0 Å². The topological polar surface area (TPSA) is 54.5 Å². The fraction of sp³-hybridized carbons (Fsp3) is 0.333. The van der Waals surface area contributed by atoms with E-state index in [1.54, 1.807) is 22.7 Å². The predicted octanol–water partition coefficient (Wildman–Crippen LogP) is 3.60. The van der Waals surface area contributed by atoms with Crippen LogP contribution in [0, 0.1) is 0 Å². The molecule has 1 amide bonds. The summed E-state index contributed by atoms with van der Waals surface area (Å²) in [6, 6.07) is 14.2. The van der Waals surface area contributed by atoms with Gasteiger partial charge in [-0.05, 0) is 17.0 Å². The highest BCUT2D eigenvalue weighted by Crippen LogP contribution is 2.28. The highest BCUT2D eigenvalue weighted by molar-refractivity contribution is 7.20. The molecule has 146 valence electrons. The van der Waals surface area contributed by atoms with Crippen molar-refractivity contribution in [2.45, 2.75) is 12.5 Å². The molecule has 7 heteroatoms. The molecule has 3 heterocycles. The number of aromatic nitrogens is 1. The summed E-state index contributed by atoms with van der Waals surface area (Å²) in [4.78, 5) is 20.9. The van der Waals surface area contributed by atoms with Crippen molar-refractivity contribution in [1.29, 1.82) is 0 Å². The van der Waals surface area contributed by atoms with E-state index in [2.05, 4.69) is 33.4 Å². The van der Waals surface area contributed by atoms with Crippen LogP contribution in [-0.4, -0.2) is 48.6 Å². The third-order valence-electron chi connectivity index (χ3n) is 4.71. The molecule has 0 radical (unpaired) electrons. The average molecular weight is 414 g/mol. The number of thiazole rings is 1. The van der Waals surface area contributed by atoms with Gasteiger partial charge in [-0.2, -0.15) is 0 Å². The van der Waals surface area contributed by atoms with Gasteiger partial charge in [0.1, 0.15) is 5.01 Å². The number of morpholine rings is 1. The molecule has 0 bridgehead atoms. The van der Waals surface area contributed by atoms with Crippen molar-refractivity contribution >= 4 is 28.6 Å². The second-order valence-corrected chi connectivity index (χ2v) is 8.55. The van der Waals surface area contributed by atoms with E-state index in [0.717, 1.165) is 54.0 Å². The van der Waals surface area contributed by atoms with Gasteiger partial charge in [0.05, 0.1) is 36.2 Å². The summed E-state index contributed by atoms with van der Waals surface area (Å²) >= 11 is 3.26. The molecular weight excluding hydrogens is 390 g/mol. The first-order chi connectivity index (χ1) is 13.8. The zero-order valence-electron chi connectivity index (χ0n) is 15.5. The number of ether oxygens (including phenoxy) is 1. The number of hydrogen-bond acceptors (Lipinski definition) is 6. The molecule has 1 aliphatic heterocycles. The zero-order chi connectivity index (χ0) is 19.2. The van der Waals surface area contributed by atoms with Crippen molar-refractivity contribution in [1.82, 2.24) is 15.2 Å². The molecule has 3 aromatic rings. The van der Waals surface area contributed by atoms with E-state index in [4.69, 9.17) is 4.74 Å². The van der Waals surface area contributed by atoms with Gasteiger partial charge in [0, 0.05) is 25.0 Å². The summed E-state index contributed by atoms with van der Waals surface area (Å²) in [5.74, 6) is 0.00476. The van der Waals surface area contributed by atoms with Crippen LogP contribution >= 0.6 is 22.7 Å². The molecular formula is C21H23N3O2S2. The van der Waals surface area contributed by atoms with Crippen molar-refractivity contribution in [3.05, 3.63) is 64.5 Å². The number of rotatable bonds is 7. The first kappa shape index (κ1) is 19.3. The minimum Gasteiger partial charge on any atom is -0.379 e. The van der Waals surface area contributed by atoms with E-state index >= 15 is 0 Å². The molecule has 1 fully saturated rings. The van der Waals surface area contributed by atoms with E-state index < -0.39 is 0 Å². The van der Waals surface area contributed by atoms with Gasteiger partial charge >= 0.3 is 0 Å². The fourth-order valence-corrected chi connectivity index (χ4v) is 4.91. The van der Waals surface area contributed by atoms with Crippen molar-refractivity contribution < 1.29 is 9.53 Å². The molecule has 1 atom stereocenters. The van der Waals surface area contributed by atoms with E-state index in [0.29, 0.717) is 6.42 Å². The number of amides is 1. The Morgan fingerprint density at radius 1 is 1.14 bits per heavy atom. The number of thiophene rings is 1. The van der Waals surface area contributed by atoms with Crippen molar-refractivity contribution in [2.24, 2.45) is 0 Å². The smallest absolute Gasteiger partial charge is 0.226 e. The molecule has 0 spiro atoms. The third-order valence-corrected chi connectivity index (χ3v) is 6.64. The van der Waals surface area contributed by atoms with Crippen molar-refractivity contribution in [2.75, 3.05) is 32.8 Å². The van der Waals surface area contributed by atoms with Gasteiger partial charge in [-0.1, -0.05) is 36.4 Å². The van der Waals surface area contributed by atoms with E-state index in [-0.39, 0.29) is 11.9 Å². The van der Waals surface area contributed by atoms with Gasteiger partial charge < -0.3 is 10.1 Å². The Morgan fingerprint density at radius 3 is 2.71 bits per heavy atom. The highest BCUT2D eigenvalue weighted by Gasteiger charge is 2.20. The molecule has 28 heavy (non-hydrogen) atoms. The second kappa shape index (κ2) is 9.43. The lowest BCUT2D eigenvalue weighted by Gasteiger charge is -2.31. The molecule has 4 rings (SSSR count). The maximum absolute atomic E-state index is 12.7. The molecule has 1 N–H and O–H groups in total. The van der Waals surface area contributed by atoms with Crippen LogP contribution in [0.25, 0.3) is 9.88 Å². The van der Waals surface area contributed by atoms with E-state index in [9.17, 15) is 4.79 Å². The minimum atomic E-state index is -0.0396. The van der Waals surface area contributed by atoms with Crippen LogP contribution in [0.1, 0.15) is 17.3 Å². The van der Waals surface area contributed by atoms with Gasteiger partial charge in [-0.15, -0.1) is 22.7 Å². The monoisotopic (exact) mass is 413 g/mol. The predicted molar refractivity (Wildman–Crippen MR) is 114 cm³/mol. The lowest BCUT2D eigenvalue weighted by Crippen LogP contribution is -2.43. The number of nitrogens with one attached hydrogen (secondary N) is 1. The molecule has 1 aliphatic rings. The second-order valence-electron chi connectivity index (χ2n) is 6.74. The van der Waals surface area contributed by atoms with Gasteiger partial charge in [-0.25, -0.2) is 4.98 Å². The molecule has 1 unspecified atom stereocenters. The van der Waals surface area contributed by atoms with Crippen LogP contribution in [-0.2, 0) is 16.0 Å². The first-order valence-electron chi connectivity index (χ1n) is 9.40. The molecule has 1 saturated heterocycles. The molecule has 2 aromatic heterocycles. The SMILES string of the molecule is O=C(Cc1csc(-c2cccs2)n1)NC(CN1CCOCC1)c1ccccc1. The Balaban J connectivity index is 1.41. The minimum absolute atomic E-state index is 0.00476. The van der Waals surface area contributed by atoms with Crippen LogP contribution in [0.3, 0.4) is 0 Å². The van der Waals surface area contributed by atoms with Crippen LogP contribution in [0.5, 0.6) is 0 Å². The number of carbonyl (C=O) groups is 1. The Kier molecular flexibility index (Phi) is 6.49. The summed E-state index contributed by atoms with van der Waals surface area (Å²) < 4.78 is 5.44. The number of benzene rings is 1. The fourth-order valence-electron chi connectivity index (χ4n) is 3.27. The van der Waals surface area contributed by atoms with Crippen LogP contribution < -0.4 is 5.32 Å². The summed E-state index contributed by atoms with van der Waals surface area (Å²) in [7, 11) is 0. The largest absolute Gasteiger partial charge is 0.379 e. The Hall–Kier alpha value is -2.06. The standard InChI is InChI=1S/C21H23N3O2S2/c25-20(13-17-15-28-21(22-17)19-7-4-12-27-19)23-18(16-5-2-1-3-6-16)14-24-8-10-26-11-9-24/h1-7,12,15,18H,8-11,13-14H2,(H,23,25). The normalized spacial score (nSPS) is 16.0. The summed E-state index contributed by atoms with van der Waals surface area (Å²) in [5, 5.41) is 8.22. The van der Waals surface area contributed by atoms with Gasteiger partial charge in [0.25, 0.3) is 0 Å².